The number of benzene rings is 1. The summed E-state index contributed by atoms with van der Waals surface area (Å²) >= 11 is 0. The van der Waals surface area contributed by atoms with E-state index in [9.17, 15) is 13.2 Å². The van der Waals surface area contributed by atoms with Crippen LogP contribution in [0.4, 0.5) is 0 Å². The van der Waals surface area contributed by atoms with Crippen LogP contribution in [0.2, 0.25) is 0 Å². The third-order valence-corrected chi connectivity index (χ3v) is 5.19. The monoisotopic (exact) mass is 338 g/mol. The fourth-order valence-corrected chi connectivity index (χ4v) is 3.67. The van der Waals surface area contributed by atoms with Crippen molar-refractivity contribution in [3.63, 3.8) is 0 Å². The summed E-state index contributed by atoms with van der Waals surface area (Å²) in [6.45, 7) is 6.93. The summed E-state index contributed by atoms with van der Waals surface area (Å²) in [5.74, 6) is -2.07. The molecule has 2 rings (SSSR count). The summed E-state index contributed by atoms with van der Waals surface area (Å²) in [6, 6.07) is 6.37. The maximum absolute atomic E-state index is 12.5. The van der Waals surface area contributed by atoms with E-state index in [2.05, 4.69) is 6.58 Å². The highest BCUT2D eigenvalue weighted by atomic mass is 32.2. The first-order valence-corrected chi connectivity index (χ1v) is 9.06. The Bertz CT molecular complexity index is 682. The van der Waals surface area contributed by atoms with Crippen LogP contribution in [0.3, 0.4) is 0 Å². The number of hydrogen-bond acceptors (Lipinski definition) is 5. The van der Waals surface area contributed by atoms with Gasteiger partial charge in [-0.15, -0.1) is 0 Å². The Kier molecular flexibility index (Phi) is 5.26. The van der Waals surface area contributed by atoms with E-state index in [1.54, 1.807) is 12.1 Å². The van der Waals surface area contributed by atoms with Crippen molar-refractivity contribution >= 4 is 16.1 Å². The fourth-order valence-electron chi connectivity index (χ4n) is 2.50. The van der Waals surface area contributed by atoms with Crippen LogP contribution in [-0.2, 0) is 23.8 Å². The zero-order chi connectivity index (χ0) is 17.1. The third kappa shape index (κ3) is 4.42. The van der Waals surface area contributed by atoms with Gasteiger partial charge in [0.05, 0.1) is 4.90 Å². The summed E-state index contributed by atoms with van der Waals surface area (Å²) in [6.07, 6.45) is 3.16. The smallest absolute Gasteiger partial charge is 0.335 e. The molecule has 0 aliphatic heterocycles. The van der Waals surface area contributed by atoms with Gasteiger partial charge in [0.15, 0.2) is 0 Å². The first-order chi connectivity index (χ1) is 10.7. The topological polar surface area (TPSA) is 69.7 Å². The van der Waals surface area contributed by atoms with Crippen molar-refractivity contribution < 1.29 is 22.1 Å². The van der Waals surface area contributed by atoms with Crippen molar-refractivity contribution in [1.29, 1.82) is 0 Å². The van der Waals surface area contributed by atoms with Crippen molar-refractivity contribution in [3.05, 3.63) is 42.0 Å². The van der Waals surface area contributed by atoms with Crippen molar-refractivity contribution in [1.82, 2.24) is 0 Å². The summed E-state index contributed by atoms with van der Waals surface area (Å²) in [4.78, 5) is 11.9. The highest BCUT2D eigenvalue weighted by Crippen LogP contribution is 2.36. The number of rotatable bonds is 5. The van der Waals surface area contributed by atoms with E-state index in [-0.39, 0.29) is 10.5 Å². The van der Waals surface area contributed by atoms with Crippen LogP contribution in [0, 0.1) is 6.92 Å². The van der Waals surface area contributed by atoms with Crippen LogP contribution in [0.15, 0.2) is 41.3 Å². The molecule has 0 bridgehead atoms. The fraction of sp³-hybridized carbons (Fsp3) is 0.471. The van der Waals surface area contributed by atoms with E-state index in [0.29, 0.717) is 12.8 Å². The maximum atomic E-state index is 12.5. The van der Waals surface area contributed by atoms with Crippen LogP contribution in [-0.4, -0.2) is 20.2 Å². The molecular weight excluding hydrogens is 316 g/mol. The second-order valence-corrected chi connectivity index (χ2v) is 7.54. The van der Waals surface area contributed by atoms with Gasteiger partial charge in [-0.2, -0.15) is 8.42 Å². The van der Waals surface area contributed by atoms with Gasteiger partial charge >= 0.3 is 5.97 Å². The van der Waals surface area contributed by atoms with Gasteiger partial charge in [-0.05, 0) is 38.8 Å². The van der Waals surface area contributed by atoms with Crippen molar-refractivity contribution in [2.24, 2.45) is 0 Å². The summed E-state index contributed by atoms with van der Waals surface area (Å²) in [5.41, 5.74) is 1.16. The molecule has 1 saturated carbocycles. The van der Waals surface area contributed by atoms with Crippen LogP contribution in [0.1, 0.15) is 44.6 Å². The predicted molar refractivity (Wildman–Crippen MR) is 86.2 cm³/mol. The van der Waals surface area contributed by atoms with Crippen molar-refractivity contribution in [2.75, 3.05) is 0 Å². The molecule has 0 saturated heterocycles. The van der Waals surface area contributed by atoms with Gasteiger partial charge in [0.25, 0.3) is 10.1 Å². The molecule has 0 radical (unpaired) electrons. The van der Waals surface area contributed by atoms with Crippen LogP contribution in [0.25, 0.3) is 0 Å². The predicted octanol–water partition coefficient (Wildman–Crippen LogP) is 3.48. The van der Waals surface area contributed by atoms with E-state index in [4.69, 9.17) is 8.92 Å². The highest BCUT2D eigenvalue weighted by molar-refractivity contribution is 7.86. The van der Waals surface area contributed by atoms with E-state index in [1.165, 1.54) is 19.1 Å². The molecule has 126 valence electrons. The molecule has 0 atom stereocenters. The molecule has 1 aromatic carbocycles. The lowest BCUT2D eigenvalue weighted by atomic mass is 9.94. The molecule has 1 aromatic rings. The Morgan fingerprint density at radius 3 is 2.22 bits per heavy atom. The van der Waals surface area contributed by atoms with E-state index >= 15 is 0 Å². The largest absolute Gasteiger partial charge is 0.428 e. The van der Waals surface area contributed by atoms with Crippen molar-refractivity contribution in [2.45, 2.75) is 56.6 Å². The number of aryl methyl sites for hydroxylation is 1. The Morgan fingerprint density at radius 2 is 1.70 bits per heavy atom. The Hall–Kier alpha value is -1.66. The molecule has 0 N–H and O–H groups in total. The van der Waals surface area contributed by atoms with Gasteiger partial charge in [-0.1, -0.05) is 30.7 Å². The van der Waals surface area contributed by atoms with Crippen LogP contribution in [0.5, 0.6) is 0 Å². The molecule has 23 heavy (non-hydrogen) atoms. The van der Waals surface area contributed by atoms with Gasteiger partial charge in [-0.3, -0.25) is 0 Å². The minimum atomic E-state index is -4.01. The molecule has 0 spiro atoms. The maximum Gasteiger partial charge on any atom is 0.335 e. The first kappa shape index (κ1) is 17.7. The van der Waals surface area contributed by atoms with Gasteiger partial charge in [-0.25, -0.2) is 8.98 Å². The number of carbonyl (C=O) groups is 1. The molecule has 0 amide bonds. The molecule has 1 aliphatic rings. The Labute approximate surface area is 137 Å². The lowest BCUT2D eigenvalue weighted by Gasteiger charge is -2.35. The van der Waals surface area contributed by atoms with Gasteiger partial charge in [0.2, 0.25) is 5.79 Å². The Balaban J connectivity index is 2.27. The summed E-state index contributed by atoms with van der Waals surface area (Å²) < 4.78 is 35.8. The molecule has 1 fully saturated rings. The van der Waals surface area contributed by atoms with Gasteiger partial charge in [0, 0.05) is 18.4 Å². The molecule has 0 aromatic heterocycles. The quantitative estimate of drug-likeness (QED) is 0.356. The van der Waals surface area contributed by atoms with Gasteiger partial charge in [0.1, 0.15) is 0 Å². The molecule has 0 unspecified atom stereocenters. The lowest BCUT2D eigenvalue weighted by molar-refractivity contribution is -0.202. The number of esters is 1. The normalized spacial score (nSPS) is 17.5. The summed E-state index contributed by atoms with van der Waals surface area (Å²) in [7, 11) is -4.01. The molecule has 5 nitrogen and oxygen atoms in total. The molecular formula is C17H22O5S. The van der Waals surface area contributed by atoms with Crippen LogP contribution < -0.4 is 0 Å². The SMILES string of the molecule is C=C(C)C(=O)OC1(OS(=O)(=O)c2ccc(C)cc2)CCCCC1. The zero-order valence-electron chi connectivity index (χ0n) is 13.5. The lowest BCUT2D eigenvalue weighted by Crippen LogP contribution is -2.42. The minimum absolute atomic E-state index is 0.0550. The number of hydrogen-bond donors (Lipinski definition) is 0. The minimum Gasteiger partial charge on any atom is -0.428 e. The van der Waals surface area contributed by atoms with E-state index < -0.39 is 21.9 Å². The van der Waals surface area contributed by atoms with Crippen molar-refractivity contribution in [3.8, 4) is 0 Å². The standard InChI is InChI=1S/C17H22O5S/c1-13(2)16(18)21-17(11-5-4-6-12-17)22-23(19,20)15-9-7-14(3)8-10-15/h7-10H,1,4-6,11-12H2,2-3H3. The first-order valence-electron chi connectivity index (χ1n) is 7.65. The Morgan fingerprint density at radius 1 is 1.13 bits per heavy atom. The number of ether oxygens (including phenoxy) is 1. The van der Waals surface area contributed by atoms with E-state index in [0.717, 1.165) is 24.8 Å². The third-order valence-electron chi connectivity index (χ3n) is 3.81. The zero-order valence-corrected chi connectivity index (χ0v) is 14.3. The second-order valence-electron chi connectivity index (χ2n) is 5.99. The van der Waals surface area contributed by atoms with Gasteiger partial charge < -0.3 is 4.74 Å². The molecule has 1 aliphatic carbocycles. The average molecular weight is 338 g/mol. The second kappa shape index (κ2) is 6.84. The summed E-state index contributed by atoms with van der Waals surface area (Å²) in [5, 5.41) is 0. The average Bonchev–Trinajstić information content (AvgIpc) is 2.47. The van der Waals surface area contributed by atoms with E-state index in [1.807, 2.05) is 6.92 Å². The van der Waals surface area contributed by atoms with Crippen LogP contribution >= 0.6 is 0 Å². The highest BCUT2D eigenvalue weighted by Gasteiger charge is 2.42. The number of carbonyl (C=O) groups excluding carboxylic acids is 1. The molecule has 6 heteroatoms. The molecule has 0 heterocycles.